The Bertz CT molecular complexity index is 648. The van der Waals surface area contributed by atoms with E-state index in [1.54, 1.807) is 34.6 Å². The molecule has 0 radical (unpaired) electrons. The van der Waals surface area contributed by atoms with Crippen LogP contribution in [-0.4, -0.2) is 90.2 Å². The molecule has 10 heteroatoms. The third-order valence-electron chi connectivity index (χ3n) is 5.60. The van der Waals surface area contributed by atoms with Crippen molar-refractivity contribution in [2.75, 3.05) is 67.8 Å². The fourth-order valence-corrected chi connectivity index (χ4v) is 3.35. The molecule has 1 unspecified atom stereocenters. The van der Waals surface area contributed by atoms with Crippen LogP contribution in [0.5, 0.6) is 0 Å². The second kappa shape index (κ2) is 14.9. The number of nitrogens with zero attached hydrogens (tertiary/aromatic N) is 1. The lowest BCUT2D eigenvalue weighted by molar-refractivity contribution is -0.870. The topological polar surface area (TPSA) is 114 Å². The maximum Gasteiger partial charge on any atom is 0.311 e. The molecule has 0 aromatic carbocycles. The third-order valence-corrected chi connectivity index (χ3v) is 5.60. The van der Waals surface area contributed by atoms with E-state index in [0.717, 1.165) is 0 Å². The summed E-state index contributed by atoms with van der Waals surface area (Å²) in [5.41, 5.74) is 2.66. The van der Waals surface area contributed by atoms with Crippen molar-refractivity contribution in [3.63, 3.8) is 0 Å². The Morgan fingerprint density at radius 3 is 1.74 bits per heavy atom. The molecule has 0 aliphatic rings. The Hall–Kier alpha value is -1.42. The van der Waals surface area contributed by atoms with Crippen LogP contribution in [-0.2, 0) is 33.3 Å². The number of nitrogens with two attached hydrogens (primary N) is 1. The van der Waals surface area contributed by atoms with Crippen molar-refractivity contribution in [1.29, 1.82) is 0 Å². The molecule has 0 saturated carbocycles. The van der Waals surface area contributed by atoms with Crippen LogP contribution in [0.3, 0.4) is 0 Å². The quantitative estimate of drug-likeness (QED) is 0.124. The summed E-state index contributed by atoms with van der Waals surface area (Å²) >= 11 is 0. The fourth-order valence-electron chi connectivity index (χ4n) is 3.35. The molecule has 0 bridgehead atoms. The molecule has 0 aromatic rings. The number of methoxy groups -OCH3 is 1. The van der Waals surface area contributed by atoms with Crippen molar-refractivity contribution in [3.05, 3.63) is 0 Å². The highest BCUT2D eigenvalue weighted by Gasteiger charge is 2.45. The number of quaternary nitrogens is 1. The molecule has 2 N–H and O–H groups in total. The van der Waals surface area contributed by atoms with Crippen molar-refractivity contribution in [2.45, 2.75) is 53.9 Å². The van der Waals surface area contributed by atoms with Gasteiger partial charge in [0.25, 0.3) is 0 Å². The zero-order chi connectivity index (χ0) is 25.9. The monoisotopic (exact) mass is 510 g/mol. The molecule has 0 aliphatic heterocycles. The number of ether oxygens (including phenoxy) is 4. The molecule has 0 amide bonds. The number of halogens is 1. The van der Waals surface area contributed by atoms with Crippen molar-refractivity contribution >= 4 is 17.9 Å². The average Bonchev–Trinajstić information content (AvgIpc) is 2.69. The summed E-state index contributed by atoms with van der Waals surface area (Å²) in [6.07, 6.45) is 0.918. The van der Waals surface area contributed by atoms with E-state index in [4.69, 9.17) is 24.7 Å². The lowest BCUT2D eigenvalue weighted by atomic mass is 9.69. The Morgan fingerprint density at radius 2 is 1.24 bits per heavy atom. The predicted octanol–water partition coefficient (Wildman–Crippen LogP) is -0.840. The van der Waals surface area contributed by atoms with Crippen molar-refractivity contribution < 1.29 is 50.2 Å². The SMILES string of the molecule is COCCOC(=O)C(C)(CCC(C)(C)C(=O)OCCN)CC(C)(C)C(=O)OCC[N+](C)(C)C.[Cl-]. The van der Waals surface area contributed by atoms with Crippen LogP contribution in [0.1, 0.15) is 53.9 Å². The summed E-state index contributed by atoms with van der Waals surface area (Å²) in [5.74, 6) is -1.17. The largest absolute Gasteiger partial charge is 1.00 e. The molecule has 0 aromatic heterocycles. The lowest BCUT2D eigenvalue weighted by Crippen LogP contribution is -3.00. The van der Waals surface area contributed by atoms with Crippen LogP contribution in [0.2, 0.25) is 0 Å². The van der Waals surface area contributed by atoms with E-state index < -0.39 is 22.2 Å². The molecular weight excluding hydrogens is 464 g/mol. The average molecular weight is 511 g/mol. The molecule has 0 rings (SSSR count). The predicted molar refractivity (Wildman–Crippen MR) is 126 cm³/mol. The number of hydrogen-bond donors (Lipinski definition) is 1. The summed E-state index contributed by atoms with van der Waals surface area (Å²) in [4.78, 5) is 38.4. The minimum absolute atomic E-state index is 0. The molecule has 202 valence electrons. The van der Waals surface area contributed by atoms with E-state index in [1.807, 2.05) is 21.1 Å². The van der Waals surface area contributed by atoms with Crippen molar-refractivity contribution in [1.82, 2.24) is 0 Å². The molecule has 0 saturated heterocycles. The summed E-state index contributed by atoms with van der Waals surface area (Å²) in [6, 6.07) is 0. The fraction of sp³-hybridized carbons (Fsp3) is 0.875. The van der Waals surface area contributed by atoms with Gasteiger partial charge in [-0.1, -0.05) is 0 Å². The standard InChI is InChI=1S/C24H47N2O7.ClH/c1-22(2,19(27)31-14-12-25)10-11-24(5,21(29)33-17-16-30-9)18-23(3,4)20(28)32-15-13-26(6,7)8;/h10-18,25H2,1-9H3;1H/q+1;/p-1. The van der Waals surface area contributed by atoms with E-state index in [2.05, 4.69) is 0 Å². The summed E-state index contributed by atoms with van der Waals surface area (Å²) in [6.45, 7) is 10.6. The maximum absolute atomic E-state index is 13.1. The first kappa shape index (κ1) is 34.7. The zero-order valence-electron chi connectivity index (χ0n) is 22.6. The smallest absolute Gasteiger partial charge is 0.311 e. The lowest BCUT2D eigenvalue weighted by Gasteiger charge is -2.36. The third kappa shape index (κ3) is 12.9. The van der Waals surface area contributed by atoms with Crippen LogP contribution >= 0.6 is 0 Å². The maximum atomic E-state index is 13.1. The number of esters is 3. The summed E-state index contributed by atoms with van der Waals surface area (Å²) in [5, 5.41) is 0. The van der Waals surface area contributed by atoms with E-state index in [1.165, 1.54) is 7.11 Å². The minimum Gasteiger partial charge on any atom is -1.00 e. The van der Waals surface area contributed by atoms with Gasteiger partial charge in [0, 0.05) is 13.7 Å². The van der Waals surface area contributed by atoms with Gasteiger partial charge in [-0.05, 0) is 53.9 Å². The van der Waals surface area contributed by atoms with Crippen LogP contribution in [0, 0.1) is 16.2 Å². The molecule has 0 fully saturated rings. The molecule has 0 aliphatic carbocycles. The van der Waals surface area contributed by atoms with E-state index in [-0.39, 0.29) is 57.1 Å². The van der Waals surface area contributed by atoms with E-state index >= 15 is 0 Å². The van der Waals surface area contributed by atoms with Gasteiger partial charge in [0.2, 0.25) is 0 Å². The van der Waals surface area contributed by atoms with Gasteiger partial charge in [0.05, 0.1) is 44.0 Å². The second-order valence-electron chi connectivity index (χ2n) is 11.2. The summed E-state index contributed by atoms with van der Waals surface area (Å²) in [7, 11) is 7.59. The van der Waals surface area contributed by atoms with Gasteiger partial charge in [-0.3, -0.25) is 14.4 Å². The Kier molecular flexibility index (Phi) is 15.2. The second-order valence-corrected chi connectivity index (χ2v) is 11.2. The van der Waals surface area contributed by atoms with Gasteiger partial charge in [0.15, 0.2) is 0 Å². The van der Waals surface area contributed by atoms with Crippen molar-refractivity contribution in [3.8, 4) is 0 Å². The van der Waals surface area contributed by atoms with E-state index in [9.17, 15) is 14.4 Å². The normalized spacial score (nSPS) is 13.9. The number of rotatable bonds is 16. The van der Waals surface area contributed by atoms with Gasteiger partial charge in [-0.25, -0.2) is 0 Å². The summed E-state index contributed by atoms with van der Waals surface area (Å²) < 4.78 is 21.8. The molecule has 0 spiro atoms. The highest BCUT2D eigenvalue weighted by molar-refractivity contribution is 5.81. The van der Waals surface area contributed by atoms with Crippen LogP contribution in [0.15, 0.2) is 0 Å². The van der Waals surface area contributed by atoms with Crippen LogP contribution < -0.4 is 18.1 Å². The minimum atomic E-state index is -1.01. The zero-order valence-corrected chi connectivity index (χ0v) is 23.4. The first-order valence-corrected chi connectivity index (χ1v) is 11.5. The highest BCUT2D eigenvalue weighted by atomic mass is 35.5. The number of likely N-dealkylation sites (N-methyl/N-ethyl adjacent to an activating group) is 1. The van der Waals surface area contributed by atoms with E-state index in [0.29, 0.717) is 30.5 Å². The Morgan fingerprint density at radius 1 is 0.735 bits per heavy atom. The molecular formula is C24H47ClN2O7. The first-order valence-electron chi connectivity index (χ1n) is 11.5. The Balaban J connectivity index is 0. The molecule has 9 nitrogen and oxygen atoms in total. The van der Waals surface area contributed by atoms with Gasteiger partial charge < -0.3 is 41.6 Å². The van der Waals surface area contributed by atoms with Gasteiger partial charge in [-0.2, -0.15) is 0 Å². The molecule has 1 atom stereocenters. The van der Waals surface area contributed by atoms with Crippen LogP contribution in [0.4, 0.5) is 0 Å². The Labute approximate surface area is 212 Å². The highest BCUT2D eigenvalue weighted by Crippen LogP contribution is 2.42. The van der Waals surface area contributed by atoms with Gasteiger partial charge >= 0.3 is 17.9 Å². The number of carbonyl (C=O) groups is 3. The molecule has 0 heterocycles. The molecule has 34 heavy (non-hydrogen) atoms. The number of hydrogen-bond acceptors (Lipinski definition) is 8. The van der Waals surface area contributed by atoms with Gasteiger partial charge in [0.1, 0.15) is 26.4 Å². The first-order chi connectivity index (χ1) is 15.0. The van der Waals surface area contributed by atoms with Crippen molar-refractivity contribution in [2.24, 2.45) is 22.0 Å². The van der Waals surface area contributed by atoms with Crippen LogP contribution in [0.25, 0.3) is 0 Å². The number of carbonyl (C=O) groups excluding carboxylic acids is 3. The van der Waals surface area contributed by atoms with Gasteiger partial charge in [-0.15, -0.1) is 0 Å².